The molecule has 0 radical (unpaired) electrons. The van der Waals surface area contributed by atoms with Gasteiger partial charge in [0.1, 0.15) is 0 Å². The molecular formula is C11H25NO2. The van der Waals surface area contributed by atoms with E-state index in [0.29, 0.717) is 19.1 Å². The minimum atomic E-state index is -0.260. The third-order valence-electron chi connectivity index (χ3n) is 1.94. The van der Waals surface area contributed by atoms with E-state index in [4.69, 9.17) is 4.74 Å². The lowest BCUT2D eigenvalue weighted by Crippen LogP contribution is -2.34. The van der Waals surface area contributed by atoms with E-state index in [0.717, 1.165) is 6.54 Å². The van der Waals surface area contributed by atoms with Crippen molar-refractivity contribution in [2.45, 2.75) is 46.3 Å². The molecule has 0 saturated heterocycles. The maximum Gasteiger partial charge on any atom is 0.0687 e. The van der Waals surface area contributed by atoms with Crippen molar-refractivity contribution in [3.05, 3.63) is 0 Å². The highest BCUT2D eigenvalue weighted by Crippen LogP contribution is 2.05. The number of rotatable bonds is 6. The predicted molar refractivity (Wildman–Crippen MR) is 59.4 cm³/mol. The van der Waals surface area contributed by atoms with Gasteiger partial charge in [0.2, 0.25) is 0 Å². The second-order valence-electron chi connectivity index (χ2n) is 4.98. The molecule has 0 amide bonds. The zero-order valence-electron chi connectivity index (χ0n) is 10.1. The largest absolute Gasteiger partial charge is 0.392 e. The van der Waals surface area contributed by atoms with Crippen LogP contribution in [0.4, 0.5) is 0 Å². The Hall–Kier alpha value is -0.120. The van der Waals surface area contributed by atoms with E-state index in [9.17, 15) is 5.11 Å². The summed E-state index contributed by atoms with van der Waals surface area (Å²) < 4.78 is 5.53. The van der Waals surface area contributed by atoms with Gasteiger partial charge in [0, 0.05) is 13.1 Å². The second kappa shape index (κ2) is 6.38. The normalized spacial score (nSPS) is 14.8. The summed E-state index contributed by atoms with van der Waals surface area (Å²) in [6, 6.07) is 0. The molecule has 0 aromatic heterocycles. The Kier molecular flexibility index (Phi) is 6.33. The summed E-state index contributed by atoms with van der Waals surface area (Å²) in [5.74, 6) is 0.311. The van der Waals surface area contributed by atoms with Gasteiger partial charge in [-0.15, -0.1) is 0 Å². The highest BCUT2D eigenvalue weighted by molar-refractivity contribution is 4.63. The number of hydrogen-bond acceptors (Lipinski definition) is 3. The van der Waals surface area contributed by atoms with Crippen molar-refractivity contribution in [2.24, 2.45) is 5.92 Å². The van der Waals surface area contributed by atoms with Crippen LogP contribution in [0.1, 0.15) is 34.6 Å². The van der Waals surface area contributed by atoms with Gasteiger partial charge in [-0.3, -0.25) is 0 Å². The van der Waals surface area contributed by atoms with Gasteiger partial charge in [-0.2, -0.15) is 0 Å². The van der Waals surface area contributed by atoms with Gasteiger partial charge in [0.15, 0.2) is 0 Å². The van der Waals surface area contributed by atoms with Gasteiger partial charge < -0.3 is 15.2 Å². The van der Waals surface area contributed by atoms with Gasteiger partial charge in [0.25, 0.3) is 0 Å². The van der Waals surface area contributed by atoms with E-state index in [1.54, 1.807) is 0 Å². The van der Waals surface area contributed by atoms with E-state index in [1.165, 1.54) is 0 Å². The lowest BCUT2D eigenvalue weighted by molar-refractivity contribution is -0.00198. The Labute approximate surface area is 87.8 Å². The third-order valence-corrected chi connectivity index (χ3v) is 1.94. The first-order valence-electron chi connectivity index (χ1n) is 5.35. The summed E-state index contributed by atoms with van der Waals surface area (Å²) in [7, 11) is 0. The van der Waals surface area contributed by atoms with Crippen LogP contribution in [0.15, 0.2) is 0 Å². The minimum absolute atomic E-state index is 0.0711. The van der Waals surface area contributed by atoms with E-state index < -0.39 is 0 Å². The van der Waals surface area contributed by atoms with Crippen LogP contribution in [0, 0.1) is 5.92 Å². The lowest BCUT2D eigenvalue weighted by Gasteiger charge is -2.20. The Morgan fingerprint density at radius 3 is 2.29 bits per heavy atom. The fourth-order valence-corrected chi connectivity index (χ4v) is 0.915. The highest BCUT2D eigenvalue weighted by Gasteiger charge is 2.10. The molecule has 3 heteroatoms. The van der Waals surface area contributed by atoms with Gasteiger partial charge in [0.05, 0.1) is 18.3 Å². The topological polar surface area (TPSA) is 41.5 Å². The number of nitrogens with one attached hydrogen (secondary N) is 1. The molecule has 0 aliphatic heterocycles. The van der Waals surface area contributed by atoms with Crippen molar-refractivity contribution in [2.75, 3.05) is 19.7 Å². The van der Waals surface area contributed by atoms with Crippen LogP contribution in [0.25, 0.3) is 0 Å². The molecule has 0 heterocycles. The molecule has 0 aromatic carbocycles. The van der Waals surface area contributed by atoms with Crippen molar-refractivity contribution in [3.63, 3.8) is 0 Å². The molecule has 0 fully saturated rings. The summed E-state index contributed by atoms with van der Waals surface area (Å²) in [5, 5.41) is 12.6. The third kappa shape index (κ3) is 8.48. The molecule has 0 saturated carbocycles. The summed E-state index contributed by atoms with van der Waals surface area (Å²) in [5.41, 5.74) is -0.0711. The van der Waals surface area contributed by atoms with E-state index in [2.05, 4.69) is 5.32 Å². The highest BCUT2D eigenvalue weighted by atomic mass is 16.5. The molecule has 14 heavy (non-hydrogen) atoms. The van der Waals surface area contributed by atoms with E-state index >= 15 is 0 Å². The molecule has 86 valence electrons. The van der Waals surface area contributed by atoms with E-state index in [1.807, 2.05) is 34.6 Å². The molecule has 3 nitrogen and oxygen atoms in total. The SMILES string of the molecule is CC(C)C(O)CNCCOC(C)(C)C. The first-order valence-corrected chi connectivity index (χ1v) is 5.35. The van der Waals surface area contributed by atoms with Crippen LogP contribution >= 0.6 is 0 Å². The lowest BCUT2D eigenvalue weighted by atomic mass is 10.1. The van der Waals surface area contributed by atoms with Crippen molar-refractivity contribution in [3.8, 4) is 0 Å². The van der Waals surface area contributed by atoms with Crippen LogP contribution in [0.2, 0.25) is 0 Å². The smallest absolute Gasteiger partial charge is 0.0687 e. The first-order chi connectivity index (χ1) is 6.33. The maximum atomic E-state index is 9.48. The summed E-state index contributed by atoms with van der Waals surface area (Å²) in [6.45, 7) is 12.3. The van der Waals surface area contributed by atoms with Crippen molar-refractivity contribution in [1.82, 2.24) is 5.32 Å². The molecule has 0 aliphatic rings. The predicted octanol–water partition coefficient (Wildman–Crippen LogP) is 1.41. The fraction of sp³-hybridized carbons (Fsp3) is 1.00. The fourth-order valence-electron chi connectivity index (χ4n) is 0.915. The first kappa shape index (κ1) is 13.9. The molecule has 2 N–H and O–H groups in total. The number of hydrogen-bond donors (Lipinski definition) is 2. The van der Waals surface area contributed by atoms with Crippen LogP contribution in [0.5, 0.6) is 0 Å². The van der Waals surface area contributed by atoms with Crippen LogP contribution in [-0.4, -0.2) is 36.5 Å². The average Bonchev–Trinajstić information content (AvgIpc) is 2.01. The summed E-state index contributed by atoms with van der Waals surface area (Å²) in [4.78, 5) is 0. The van der Waals surface area contributed by atoms with Gasteiger partial charge in [-0.05, 0) is 26.7 Å². The standard InChI is InChI=1S/C11H25NO2/c1-9(2)10(13)8-12-6-7-14-11(3,4)5/h9-10,12-13H,6-8H2,1-5H3. The number of ether oxygens (including phenoxy) is 1. The number of aliphatic hydroxyl groups excluding tert-OH is 1. The minimum Gasteiger partial charge on any atom is -0.392 e. The zero-order valence-corrected chi connectivity index (χ0v) is 10.1. The average molecular weight is 203 g/mol. The van der Waals surface area contributed by atoms with Gasteiger partial charge >= 0.3 is 0 Å². The summed E-state index contributed by atoms with van der Waals surface area (Å²) >= 11 is 0. The summed E-state index contributed by atoms with van der Waals surface area (Å²) in [6.07, 6.45) is -0.260. The van der Waals surface area contributed by atoms with Gasteiger partial charge in [-0.25, -0.2) is 0 Å². The molecule has 0 aliphatic carbocycles. The second-order valence-corrected chi connectivity index (χ2v) is 4.98. The molecule has 1 unspecified atom stereocenters. The van der Waals surface area contributed by atoms with Crippen LogP contribution in [-0.2, 0) is 4.74 Å². The Morgan fingerprint density at radius 1 is 1.29 bits per heavy atom. The molecule has 1 atom stereocenters. The Bertz CT molecular complexity index is 141. The van der Waals surface area contributed by atoms with Gasteiger partial charge in [-0.1, -0.05) is 13.8 Å². The molecule has 0 spiro atoms. The quantitative estimate of drug-likeness (QED) is 0.641. The monoisotopic (exact) mass is 203 g/mol. The molecule has 0 rings (SSSR count). The number of aliphatic hydroxyl groups is 1. The van der Waals surface area contributed by atoms with E-state index in [-0.39, 0.29) is 11.7 Å². The van der Waals surface area contributed by atoms with Crippen molar-refractivity contribution >= 4 is 0 Å². The van der Waals surface area contributed by atoms with Crippen molar-refractivity contribution < 1.29 is 9.84 Å². The Balaban J connectivity index is 3.30. The molecule has 0 aromatic rings. The van der Waals surface area contributed by atoms with Crippen molar-refractivity contribution in [1.29, 1.82) is 0 Å². The van der Waals surface area contributed by atoms with Crippen LogP contribution in [0.3, 0.4) is 0 Å². The zero-order chi connectivity index (χ0) is 11.2. The Morgan fingerprint density at radius 2 is 1.86 bits per heavy atom. The van der Waals surface area contributed by atoms with Crippen LogP contribution < -0.4 is 5.32 Å². The molecule has 0 bridgehead atoms. The maximum absolute atomic E-state index is 9.48. The molecular weight excluding hydrogens is 178 g/mol.